The first kappa shape index (κ1) is 62.5. The lowest BCUT2D eigenvalue weighted by molar-refractivity contribution is -0.144. The molecular formula is C37H67N9O22. The Morgan fingerprint density at radius 3 is 1.21 bits per heavy atom. The molecule has 0 spiro atoms. The van der Waals surface area contributed by atoms with Gasteiger partial charge in [0.05, 0.1) is 19.8 Å². The Morgan fingerprint density at radius 1 is 0.500 bits per heavy atom. The number of rotatable bonds is 34. The molecule has 6 amide bonds. The second-order valence-electron chi connectivity index (χ2n) is 15.4. The molecule has 0 heterocycles. The van der Waals surface area contributed by atoms with Crippen LogP contribution in [0.1, 0.15) is 58.8 Å². The average Bonchev–Trinajstić information content (AvgIpc) is 3.29. The minimum Gasteiger partial charge on any atom is -0.481 e. The molecule has 0 bridgehead atoms. The molecule has 0 aromatic heterocycles. The molecule has 31 heteroatoms. The predicted octanol–water partition coefficient (Wildman–Crippen LogP) is -11.5. The lowest BCUT2D eigenvalue weighted by Crippen LogP contribution is -2.65. The molecule has 0 rings (SSSR count). The van der Waals surface area contributed by atoms with E-state index in [1.54, 1.807) is 0 Å². The van der Waals surface area contributed by atoms with E-state index in [0.717, 1.165) is 0 Å². The van der Waals surface area contributed by atoms with Gasteiger partial charge in [0, 0.05) is 31.8 Å². The summed E-state index contributed by atoms with van der Waals surface area (Å²) in [7, 11) is 0. The third-order valence-corrected chi connectivity index (χ3v) is 9.98. The molecule has 0 aromatic carbocycles. The van der Waals surface area contributed by atoms with E-state index in [1.807, 2.05) is 21.3 Å². The number of amides is 6. The van der Waals surface area contributed by atoms with E-state index in [4.69, 9.17) is 16.2 Å². The fourth-order valence-corrected chi connectivity index (χ4v) is 5.90. The van der Waals surface area contributed by atoms with Crippen molar-refractivity contribution in [2.75, 3.05) is 26.4 Å². The van der Waals surface area contributed by atoms with Crippen LogP contribution in [-0.4, -0.2) is 242 Å². The Hall–Kier alpha value is -5.45. The van der Waals surface area contributed by atoms with Crippen LogP contribution in [0.4, 0.5) is 0 Å². The van der Waals surface area contributed by atoms with Crippen molar-refractivity contribution < 1.29 is 110 Å². The number of nitrogens with one attached hydrogen (secondary N) is 8. The Balaban J connectivity index is 7.31. The number of carboxylic acids is 2. The van der Waals surface area contributed by atoms with Crippen molar-refractivity contribution in [3.63, 3.8) is 0 Å². The van der Waals surface area contributed by atoms with E-state index in [1.165, 1.54) is 13.8 Å². The molecule has 15 atom stereocenters. The minimum absolute atomic E-state index is 0.190. The SMILES string of the molecule is CCC(=O)N[C@H](C(=O)N[C@@H](CCC(=O)O)C(=O)N[C@H](C(=O)N[C@@H](CCCNC(=N)N)C(=O)N[C@H](C(=O)N[C@H](C)CCC(=O)O)[C@@H](O)[C@H](O)[C@H](O)CO)[C@@H](O)[C@H](O)[C@H](O)CO)[C@@H](O)[C@H](O)[C@H](O)CO. The number of carbonyl (C=O) groups is 8. The molecule has 0 saturated heterocycles. The van der Waals surface area contributed by atoms with Crippen LogP contribution in [0.25, 0.3) is 0 Å². The van der Waals surface area contributed by atoms with Crippen LogP contribution in [0.3, 0.4) is 0 Å². The predicted molar refractivity (Wildman–Crippen MR) is 226 cm³/mol. The smallest absolute Gasteiger partial charge is 0.303 e. The number of carbonyl (C=O) groups excluding carboxylic acids is 6. The van der Waals surface area contributed by atoms with Crippen LogP contribution < -0.4 is 43.0 Å². The summed E-state index contributed by atoms with van der Waals surface area (Å²) < 4.78 is 0. The first-order valence-electron chi connectivity index (χ1n) is 21.0. The van der Waals surface area contributed by atoms with Crippen molar-refractivity contribution in [2.24, 2.45) is 5.73 Å². The van der Waals surface area contributed by atoms with Gasteiger partial charge in [-0.25, -0.2) is 0 Å². The summed E-state index contributed by atoms with van der Waals surface area (Å²) in [5, 5.41) is 163. The topological polar surface area (TPSA) is 554 Å². The lowest BCUT2D eigenvalue weighted by Gasteiger charge is -2.33. The van der Waals surface area contributed by atoms with Gasteiger partial charge < -0.3 is 114 Å². The number of aliphatic hydroxyl groups excluding tert-OH is 12. The fourth-order valence-electron chi connectivity index (χ4n) is 5.90. The van der Waals surface area contributed by atoms with Crippen LogP contribution >= 0.6 is 0 Å². The van der Waals surface area contributed by atoms with E-state index in [2.05, 4.69) is 16.0 Å². The molecule has 0 fully saturated rings. The summed E-state index contributed by atoms with van der Waals surface area (Å²) in [6.07, 6.45) is -24.7. The van der Waals surface area contributed by atoms with E-state index in [9.17, 15) is 105 Å². The summed E-state index contributed by atoms with van der Waals surface area (Å²) in [5.74, 6) is -11.8. The van der Waals surface area contributed by atoms with Crippen molar-refractivity contribution in [2.45, 2.75) is 150 Å². The second kappa shape index (κ2) is 31.6. The molecular weight excluding hydrogens is 922 g/mol. The van der Waals surface area contributed by atoms with Crippen molar-refractivity contribution in [1.29, 1.82) is 5.41 Å². The Bertz CT molecular complexity index is 1670. The molecule has 0 aliphatic heterocycles. The number of nitrogens with two attached hydrogens (primary N) is 1. The quantitative estimate of drug-likeness (QED) is 0.0162. The molecule has 24 N–H and O–H groups in total. The Labute approximate surface area is 387 Å². The van der Waals surface area contributed by atoms with Gasteiger partial charge in [-0.1, -0.05) is 6.92 Å². The Morgan fingerprint density at radius 2 is 0.853 bits per heavy atom. The molecule has 0 aliphatic rings. The van der Waals surface area contributed by atoms with Crippen LogP contribution in [0.5, 0.6) is 0 Å². The van der Waals surface area contributed by atoms with Gasteiger partial charge in [0.25, 0.3) is 0 Å². The number of hydrogen-bond donors (Lipinski definition) is 23. The summed E-state index contributed by atoms with van der Waals surface area (Å²) in [4.78, 5) is 104. The summed E-state index contributed by atoms with van der Waals surface area (Å²) in [6.45, 7) is -1.15. The Kier molecular flexibility index (Phi) is 29.0. The largest absolute Gasteiger partial charge is 0.481 e. The van der Waals surface area contributed by atoms with Crippen LogP contribution in [0.2, 0.25) is 0 Å². The molecule has 0 aliphatic carbocycles. The summed E-state index contributed by atoms with van der Waals surface area (Å²) >= 11 is 0. The average molecular weight is 990 g/mol. The first-order chi connectivity index (χ1) is 31.7. The van der Waals surface area contributed by atoms with Gasteiger partial charge >= 0.3 is 11.9 Å². The van der Waals surface area contributed by atoms with Gasteiger partial charge in [-0.15, -0.1) is 0 Å². The molecule has 392 valence electrons. The molecule has 68 heavy (non-hydrogen) atoms. The normalized spacial score (nSPS) is 18.0. The number of aliphatic carboxylic acids is 2. The molecule has 0 aromatic rings. The van der Waals surface area contributed by atoms with E-state index in [-0.39, 0.29) is 25.8 Å². The zero-order chi connectivity index (χ0) is 52.6. The van der Waals surface area contributed by atoms with Crippen LogP contribution in [0.15, 0.2) is 0 Å². The highest BCUT2D eigenvalue weighted by Gasteiger charge is 2.43. The van der Waals surface area contributed by atoms with E-state index in [0.29, 0.717) is 0 Å². The van der Waals surface area contributed by atoms with Gasteiger partial charge in [0.1, 0.15) is 85.1 Å². The highest BCUT2D eigenvalue weighted by atomic mass is 16.4. The zero-order valence-electron chi connectivity index (χ0n) is 37.0. The van der Waals surface area contributed by atoms with Crippen LogP contribution in [-0.2, 0) is 38.4 Å². The first-order valence-corrected chi connectivity index (χ1v) is 21.0. The highest BCUT2D eigenvalue weighted by molar-refractivity contribution is 5.97. The second-order valence-corrected chi connectivity index (χ2v) is 15.4. The van der Waals surface area contributed by atoms with Gasteiger partial charge in [-0.3, -0.25) is 43.8 Å². The third kappa shape index (κ3) is 21.7. The zero-order valence-corrected chi connectivity index (χ0v) is 37.0. The molecule has 0 saturated carbocycles. The lowest BCUT2D eigenvalue weighted by atomic mass is 9.97. The fraction of sp³-hybridized carbons (Fsp3) is 0.757. The number of aliphatic hydroxyl groups is 12. The summed E-state index contributed by atoms with van der Waals surface area (Å²) in [6, 6.07) is -12.1. The maximum atomic E-state index is 14.1. The maximum Gasteiger partial charge on any atom is 0.303 e. The van der Waals surface area contributed by atoms with Crippen molar-refractivity contribution in [1.82, 2.24) is 37.2 Å². The highest BCUT2D eigenvalue weighted by Crippen LogP contribution is 2.13. The molecule has 0 radical (unpaired) electrons. The third-order valence-electron chi connectivity index (χ3n) is 9.98. The van der Waals surface area contributed by atoms with Gasteiger partial charge in [-0.05, 0) is 32.6 Å². The summed E-state index contributed by atoms with van der Waals surface area (Å²) in [5.41, 5.74) is 5.30. The standard InChI is InChI=1S/C37H67N9O22/c1-3-20(53)44-23(29(61)26(58)17(50)11-47)35(67)43-16(7-9-22(56)57)33(65)46-25(31(63)28(60)19(52)13-49)36(68)42-15(5-4-10-40-37(38)39)32(64)45-24(30(62)27(59)18(51)12-48)34(66)41-14(2)6-8-21(54)55/h14-19,23-31,47-52,58-63H,3-13H2,1-2H3,(H,41,66)(H,42,68)(H,43,67)(H,44,53)(H,45,64)(H,46,65)(H,54,55)(H,56,57)(H4,38,39,40)/t14-,15+,16+,17-,18-,19-,23+,24+,25+,26-,27-,28-,29-,30-,31-/m1/s1. The van der Waals surface area contributed by atoms with Gasteiger partial charge in [0.2, 0.25) is 35.4 Å². The van der Waals surface area contributed by atoms with Crippen molar-refractivity contribution >= 4 is 53.3 Å². The van der Waals surface area contributed by atoms with Gasteiger partial charge in [-0.2, -0.15) is 0 Å². The van der Waals surface area contributed by atoms with E-state index >= 15 is 0 Å². The maximum absolute atomic E-state index is 14.1. The molecule has 31 nitrogen and oxygen atoms in total. The number of hydrogen-bond acceptors (Lipinski definition) is 21. The van der Waals surface area contributed by atoms with Crippen molar-refractivity contribution in [3.05, 3.63) is 0 Å². The number of guanidine groups is 1. The number of carboxylic acid groups (broad SMARTS) is 2. The van der Waals surface area contributed by atoms with Crippen LogP contribution in [0, 0.1) is 5.41 Å². The monoisotopic (exact) mass is 989 g/mol. The van der Waals surface area contributed by atoms with Crippen molar-refractivity contribution in [3.8, 4) is 0 Å². The van der Waals surface area contributed by atoms with Gasteiger partial charge in [0.15, 0.2) is 5.96 Å². The molecule has 0 unspecified atom stereocenters. The van der Waals surface area contributed by atoms with E-state index < -0.39 is 190 Å². The minimum atomic E-state index is -2.67.